The Morgan fingerprint density at radius 3 is 2.84 bits per heavy atom. The van der Waals surface area contributed by atoms with Gasteiger partial charge in [-0.2, -0.15) is 0 Å². The van der Waals surface area contributed by atoms with E-state index < -0.39 is 0 Å². The van der Waals surface area contributed by atoms with Gasteiger partial charge in [-0.05, 0) is 56.1 Å². The van der Waals surface area contributed by atoms with E-state index in [0.717, 1.165) is 51.0 Å². The molecule has 102 valence electrons. The first kappa shape index (κ1) is 12.6. The van der Waals surface area contributed by atoms with Gasteiger partial charge in [0, 0.05) is 18.2 Å². The predicted molar refractivity (Wildman–Crippen MR) is 75.2 cm³/mol. The van der Waals surface area contributed by atoms with E-state index >= 15 is 0 Å². The van der Waals surface area contributed by atoms with E-state index in [-0.39, 0.29) is 5.91 Å². The van der Waals surface area contributed by atoms with Gasteiger partial charge in [-0.3, -0.25) is 4.79 Å². The van der Waals surface area contributed by atoms with Crippen molar-refractivity contribution in [2.75, 3.05) is 19.6 Å². The van der Waals surface area contributed by atoms with Crippen LogP contribution >= 0.6 is 0 Å². The van der Waals surface area contributed by atoms with Crippen LogP contribution in [0.1, 0.15) is 34.3 Å². The van der Waals surface area contributed by atoms with Crippen molar-refractivity contribution in [3.8, 4) is 0 Å². The average Bonchev–Trinajstić information content (AvgIpc) is 2.47. The number of nitrogens with one attached hydrogen (secondary N) is 3. The molecule has 19 heavy (non-hydrogen) atoms. The van der Waals surface area contributed by atoms with E-state index in [4.69, 9.17) is 0 Å². The molecule has 0 aromatic heterocycles. The number of fused-ring (bicyclic) bond motifs is 1. The fourth-order valence-electron chi connectivity index (χ4n) is 2.96. The van der Waals surface area contributed by atoms with Gasteiger partial charge in [0.05, 0.1) is 0 Å². The largest absolute Gasteiger partial charge is 0.349 e. The Balaban J connectivity index is 1.75. The number of carbonyl (C=O) groups is 1. The van der Waals surface area contributed by atoms with Crippen molar-refractivity contribution >= 4 is 5.91 Å². The summed E-state index contributed by atoms with van der Waals surface area (Å²) in [5.74, 6) is 0.0902. The fourth-order valence-corrected chi connectivity index (χ4v) is 2.96. The lowest BCUT2D eigenvalue weighted by molar-refractivity contribution is 0.0928. The lowest BCUT2D eigenvalue weighted by Gasteiger charge is -2.25. The third-order valence-corrected chi connectivity index (χ3v) is 4.06. The van der Waals surface area contributed by atoms with Crippen LogP contribution < -0.4 is 16.0 Å². The highest BCUT2D eigenvalue weighted by Gasteiger charge is 2.20. The molecular formula is C15H21N3O. The van der Waals surface area contributed by atoms with Crippen LogP contribution in [0.5, 0.6) is 0 Å². The molecule has 1 fully saturated rings. The highest BCUT2D eigenvalue weighted by Crippen LogP contribution is 2.19. The summed E-state index contributed by atoms with van der Waals surface area (Å²) in [6.07, 6.45) is 3.07. The maximum Gasteiger partial charge on any atom is 0.251 e. The Morgan fingerprint density at radius 1 is 1.16 bits per heavy atom. The van der Waals surface area contributed by atoms with Gasteiger partial charge in [0.15, 0.2) is 0 Å². The fraction of sp³-hybridized carbons (Fsp3) is 0.533. The van der Waals surface area contributed by atoms with Gasteiger partial charge in [-0.25, -0.2) is 0 Å². The number of benzene rings is 1. The van der Waals surface area contributed by atoms with Crippen LogP contribution in [0.2, 0.25) is 0 Å². The summed E-state index contributed by atoms with van der Waals surface area (Å²) in [6, 6.07) is 6.41. The maximum atomic E-state index is 12.4. The Kier molecular flexibility index (Phi) is 3.80. The van der Waals surface area contributed by atoms with E-state index in [0.29, 0.717) is 6.04 Å². The molecular weight excluding hydrogens is 238 g/mol. The van der Waals surface area contributed by atoms with Crippen LogP contribution in [0.4, 0.5) is 0 Å². The van der Waals surface area contributed by atoms with Crippen LogP contribution in [0.3, 0.4) is 0 Å². The molecule has 0 saturated carbocycles. The molecule has 0 unspecified atom stereocenters. The second-order valence-corrected chi connectivity index (χ2v) is 5.37. The molecule has 3 N–H and O–H groups in total. The molecule has 2 heterocycles. The SMILES string of the molecule is O=C(NC1CCNCC1)c1cccc2c1CNCC2. The molecule has 2 aliphatic heterocycles. The Bertz CT molecular complexity index is 466. The number of amides is 1. The average molecular weight is 259 g/mol. The summed E-state index contributed by atoms with van der Waals surface area (Å²) in [4.78, 5) is 12.4. The summed E-state index contributed by atoms with van der Waals surface area (Å²) in [6.45, 7) is 3.82. The number of rotatable bonds is 2. The normalized spacial score (nSPS) is 19.8. The number of carbonyl (C=O) groups excluding carboxylic acids is 1. The molecule has 4 heteroatoms. The minimum Gasteiger partial charge on any atom is -0.349 e. The lowest BCUT2D eigenvalue weighted by Crippen LogP contribution is -2.43. The second-order valence-electron chi connectivity index (χ2n) is 5.37. The molecule has 0 aliphatic carbocycles. The van der Waals surface area contributed by atoms with Crippen molar-refractivity contribution in [1.82, 2.24) is 16.0 Å². The van der Waals surface area contributed by atoms with Crippen LogP contribution in [0.25, 0.3) is 0 Å². The number of hydrogen-bond donors (Lipinski definition) is 3. The highest BCUT2D eigenvalue weighted by atomic mass is 16.1. The monoisotopic (exact) mass is 259 g/mol. The zero-order chi connectivity index (χ0) is 13.1. The summed E-state index contributed by atoms with van der Waals surface area (Å²) in [5, 5.41) is 9.84. The van der Waals surface area contributed by atoms with E-state index in [2.05, 4.69) is 22.0 Å². The first-order valence-corrected chi connectivity index (χ1v) is 7.17. The third-order valence-electron chi connectivity index (χ3n) is 4.06. The number of piperidine rings is 1. The molecule has 0 spiro atoms. The Labute approximate surface area is 114 Å². The summed E-state index contributed by atoms with van der Waals surface area (Å²) >= 11 is 0. The van der Waals surface area contributed by atoms with Gasteiger partial charge < -0.3 is 16.0 Å². The third kappa shape index (κ3) is 2.80. The van der Waals surface area contributed by atoms with Crippen LogP contribution in [-0.2, 0) is 13.0 Å². The Morgan fingerprint density at radius 2 is 2.00 bits per heavy atom. The second kappa shape index (κ2) is 5.72. The van der Waals surface area contributed by atoms with Gasteiger partial charge >= 0.3 is 0 Å². The van der Waals surface area contributed by atoms with Crippen molar-refractivity contribution in [3.63, 3.8) is 0 Å². The molecule has 4 nitrogen and oxygen atoms in total. The molecule has 1 aromatic rings. The smallest absolute Gasteiger partial charge is 0.251 e. The molecule has 3 rings (SSSR count). The number of hydrogen-bond acceptors (Lipinski definition) is 3. The zero-order valence-electron chi connectivity index (χ0n) is 11.2. The Hall–Kier alpha value is -1.39. The van der Waals surface area contributed by atoms with Gasteiger partial charge in [-0.1, -0.05) is 12.1 Å². The maximum absolute atomic E-state index is 12.4. The van der Waals surface area contributed by atoms with Gasteiger partial charge in [-0.15, -0.1) is 0 Å². The van der Waals surface area contributed by atoms with E-state index in [1.54, 1.807) is 0 Å². The van der Waals surface area contributed by atoms with Crippen LogP contribution in [-0.4, -0.2) is 31.6 Å². The van der Waals surface area contributed by atoms with Gasteiger partial charge in [0.1, 0.15) is 0 Å². The standard InChI is InChI=1S/C15H21N3O/c19-15(18-12-5-8-16-9-6-12)13-3-1-2-11-4-7-17-10-14(11)13/h1-3,12,16-17H,4-10H2,(H,18,19). The quantitative estimate of drug-likeness (QED) is 0.737. The van der Waals surface area contributed by atoms with Crippen molar-refractivity contribution in [3.05, 3.63) is 34.9 Å². The minimum absolute atomic E-state index is 0.0902. The van der Waals surface area contributed by atoms with Crippen molar-refractivity contribution < 1.29 is 4.79 Å². The van der Waals surface area contributed by atoms with E-state index in [1.807, 2.05) is 12.1 Å². The zero-order valence-corrected chi connectivity index (χ0v) is 11.2. The van der Waals surface area contributed by atoms with Crippen LogP contribution in [0, 0.1) is 0 Å². The predicted octanol–water partition coefficient (Wildman–Crippen LogP) is 0.814. The van der Waals surface area contributed by atoms with Crippen LogP contribution in [0.15, 0.2) is 18.2 Å². The first-order chi connectivity index (χ1) is 9.34. The molecule has 0 radical (unpaired) electrons. The van der Waals surface area contributed by atoms with Gasteiger partial charge in [0.25, 0.3) is 5.91 Å². The molecule has 0 atom stereocenters. The van der Waals surface area contributed by atoms with Crippen molar-refractivity contribution in [2.45, 2.75) is 31.8 Å². The summed E-state index contributed by atoms with van der Waals surface area (Å²) < 4.78 is 0. The van der Waals surface area contributed by atoms with E-state index in [1.165, 1.54) is 11.1 Å². The first-order valence-electron chi connectivity index (χ1n) is 7.17. The molecule has 2 aliphatic rings. The topological polar surface area (TPSA) is 53.2 Å². The lowest BCUT2D eigenvalue weighted by atomic mass is 9.95. The molecule has 0 bridgehead atoms. The van der Waals surface area contributed by atoms with Crippen molar-refractivity contribution in [2.24, 2.45) is 0 Å². The highest BCUT2D eigenvalue weighted by molar-refractivity contribution is 5.96. The summed E-state index contributed by atoms with van der Waals surface area (Å²) in [5.41, 5.74) is 3.35. The minimum atomic E-state index is 0.0902. The van der Waals surface area contributed by atoms with Gasteiger partial charge in [0.2, 0.25) is 0 Å². The van der Waals surface area contributed by atoms with Crippen molar-refractivity contribution in [1.29, 1.82) is 0 Å². The molecule has 1 aromatic carbocycles. The molecule has 1 amide bonds. The van der Waals surface area contributed by atoms with E-state index in [9.17, 15) is 4.79 Å². The molecule has 1 saturated heterocycles. The summed E-state index contributed by atoms with van der Waals surface area (Å²) in [7, 11) is 0.